The molecule has 1 aromatic rings. The number of aliphatic hydroxyl groups is 1. The molecule has 0 aliphatic carbocycles. The van der Waals surface area contributed by atoms with Crippen molar-refractivity contribution in [2.45, 2.75) is 72.3 Å². The van der Waals surface area contributed by atoms with E-state index in [1.165, 1.54) is 5.56 Å². The molecule has 2 N–H and O–H groups in total. The lowest BCUT2D eigenvalue weighted by Gasteiger charge is -2.29. The van der Waals surface area contributed by atoms with Crippen LogP contribution >= 0.6 is 0 Å². The third-order valence-corrected chi connectivity index (χ3v) is 4.15. The van der Waals surface area contributed by atoms with Gasteiger partial charge in [-0.1, -0.05) is 60.6 Å². The van der Waals surface area contributed by atoms with Crippen LogP contribution in [-0.2, 0) is 17.4 Å². The van der Waals surface area contributed by atoms with Gasteiger partial charge in [0, 0.05) is 13.1 Å². The summed E-state index contributed by atoms with van der Waals surface area (Å²) in [6.45, 7) is 17.6. The first-order chi connectivity index (χ1) is 10.5. The monoisotopic (exact) mass is 321 g/mol. The number of rotatable bonds is 6. The molecule has 3 heteroatoms. The number of benzene rings is 1. The zero-order valence-corrected chi connectivity index (χ0v) is 16.0. The molecule has 0 fully saturated rings. The highest BCUT2D eigenvalue weighted by atomic mass is 16.3. The molecule has 0 aliphatic rings. The molecule has 0 saturated heterocycles. The highest BCUT2D eigenvalue weighted by Gasteiger charge is 2.26. The Hall–Kier alpha value is -1.06. The maximum absolute atomic E-state index is 10.8. The van der Waals surface area contributed by atoms with Gasteiger partial charge in [0.2, 0.25) is 0 Å². The van der Waals surface area contributed by atoms with Crippen LogP contribution in [0, 0.1) is 0 Å². The zero-order valence-electron chi connectivity index (χ0n) is 16.0. The SMILES string of the molecule is CCCN(CCO)Cc1cc(C(C)(C)C)c(O)c(C(C)(C)C)c1. The Morgan fingerprint density at radius 2 is 1.39 bits per heavy atom. The van der Waals surface area contributed by atoms with E-state index in [1.807, 2.05) is 0 Å². The van der Waals surface area contributed by atoms with Crippen LogP contribution < -0.4 is 0 Å². The molecule has 23 heavy (non-hydrogen) atoms. The average molecular weight is 322 g/mol. The van der Waals surface area contributed by atoms with Crippen molar-refractivity contribution in [2.75, 3.05) is 19.7 Å². The molecule has 0 aromatic heterocycles. The summed E-state index contributed by atoms with van der Waals surface area (Å²) in [6, 6.07) is 4.26. The van der Waals surface area contributed by atoms with Gasteiger partial charge in [0.25, 0.3) is 0 Å². The van der Waals surface area contributed by atoms with Gasteiger partial charge >= 0.3 is 0 Å². The van der Waals surface area contributed by atoms with Crippen molar-refractivity contribution in [1.82, 2.24) is 4.90 Å². The molecule has 0 radical (unpaired) electrons. The second kappa shape index (κ2) is 7.67. The van der Waals surface area contributed by atoms with Crippen molar-refractivity contribution in [2.24, 2.45) is 0 Å². The Morgan fingerprint density at radius 1 is 0.913 bits per heavy atom. The number of aliphatic hydroxyl groups excluding tert-OH is 1. The van der Waals surface area contributed by atoms with Crippen LogP contribution in [0.1, 0.15) is 71.6 Å². The number of phenolic OH excluding ortho intramolecular Hbond substituents is 1. The van der Waals surface area contributed by atoms with E-state index < -0.39 is 0 Å². The fourth-order valence-corrected chi connectivity index (χ4v) is 2.91. The van der Waals surface area contributed by atoms with Crippen molar-refractivity contribution < 1.29 is 10.2 Å². The Bertz CT molecular complexity index is 468. The molecule has 0 atom stereocenters. The summed E-state index contributed by atoms with van der Waals surface area (Å²) in [5.74, 6) is 0.429. The lowest BCUT2D eigenvalue weighted by atomic mass is 9.78. The standard InChI is InChI=1S/C20H35NO2/c1-8-9-21(10-11-22)14-15-12-16(19(2,3)4)18(23)17(13-15)20(5,6)7/h12-13,22-23H,8-11,14H2,1-7H3. The van der Waals surface area contributed by atoms with E-state index in [4.69, 9.17) is 0 Å². The van der Waals surface area contributed by atoms with Crippen LogP contribution in [0.5, 0.6) is 5.75 Å². The van der Waals surface area contributed by atoms with Gasteiger partial charge in [-0.2, -0.15) is 0 Å². The molecular weight excluding hydrogens is 286 g/mol. The fourth-order valence-electron chi connectivity index (χ4n) is 2.91. The minimum atomic E-state index is -0.105. The first kappa shape index (κ1) is 20.0. The maximum atomic E-state index is 10.8. The van der Waals surface area contributed by atoms with Gasteiger partial charge in [0.1, 0.15) is 5.75 Å². The van der Waals surface area contributed by atoms with Crippen molar-refractivity contribution in [3.05, 3.63) is 28.8 Å². The molecule has 1 aromatic carbocycles. The van der Waals surface area contributed by atoms with Gasteiger partial charge in [-0.25, -0.2) is 0 Å². The predicted octanol–water partition coefficient (Wildman–Crippen LogP) is 4.19. The summed E-state index contributed by atoms with van der Waals surface area (Å²) in [5.41, 5.74) is 3.00. The van der Waals surface area contributed by atoms with Crippen molar-refractivity contribution in [3.63, 3.8) is 0 Å². The van der Waals surface area contributed by atoms with Crippen molar-refractivity contribution >= 4 is 0 Å². The van der Waals surface area contributed by atoms with Crippen molar-refractivity contribution in [1.29, 1.82) is 0 Å². The van der Waals surface area contributed by atoms with Crippen LogP contribution in [-0.4, -0.2) is 34.8 Å². The van der Waals surface area contributed by atoms with E-state index in [9.17, 15) is 10.2 Å². The van der Waals surface area contributed by atoms with E-state index in [0.717, 1.165) is 30.6 Å². The highest BCUT2D eigenvalue weighted by molar-refractivity contribution is 5.49. The third kappa shape index (κ3) is 5.50. The Kier molecular flexibility index (Phi) is 6.67. The largest absolute Gasteiger partial charge is 0.507 e. The fraction of sp³-hybridized carbons (Fsp3) is 0.700. The molecule has 0 bridgehead atoms. The number of hydrogen-bond acceptors (Lipinski definition) is 3. The lowest BCUT2D eigenvalue weighted by molar-refractivity contribution is 0.190. The molecule has 0 unspecified atom stereocenters. The Balaban J connectivity index is 3.32. The summed E-state index contributed by atoms with van der Waals surface area (Å²) >= 11 is 0. The predicted molar refractivity (Wildman–Crippen MR) is 98.2 cm³/mol. The van der Waals surface area contributed by atoms with Gasteiger partial charge in [0.15, 0.2) is 0 Å². The second-order valence-corrected chi connectivity index (χ2v) is 8.54. The molecule has 0 heterocycles. The number of nitrogens with zero attached hydrogens (tertiary/aromatic N) is 1. The van der Waals surface area contributed by atoms with Crippen molar-refractivity contribution in [3.8, 4) is 5.75 Å². The van der Waals surface area contributed by atoms with Crippen LogP contribution in [0.15, 0.2) is 12.1 Å². The molecule has 132 valence electrons. The first-order valence-electron chi connectivity index (χ1n) is 8.70. The minimum Gasteiger partial charge on any atom is -0.507 e. The second-order valence-electron chi connectivity index (χ2n) is 8.54. The zero-order chi connectivity index (χ0) is 17.8. The van der Waals surface area contributed by atoms with Gasteiger partial charge < -0.3 is 10.2 Å². The van der Waals surface area contributed by atoms with Gasteiger partial charge in [-0.3, -0.25) is 4.90 Å². The summed E-state index contributed by atoms with van der Waals surface area (Å²) in [6.07, 6.45) is 1.07. The van der Waals surface area contributed by atoms with E-state index in [-0.39, 0.29) is 17.4 Å². The smallest absolute Gasteiger partial charge is 0.123 e. The first-order valence-corrected chi connectivity index (χ1v) is 8.70. The van der Waals surface area contributed by atoms with E-state index in [0.29, 0.717) is 12.3 Å². The van der Waals surface area contributed by atoms with Gasteiger partial charge in [0.05, 0.1) is 6.61 Å². The van der Waals surface area contributed by atoms with E-state index in [2.05, 4.69) is 65.5 Å². The van der Waals surface area contributed by atoms with Gasteiger partial charge in [-0.15, -0.1) is 0 Å². The molecule has 0 aliphatic heterocycles. The Labute approximate surface area is 142 Å². The number of phenols is 1. The molecule has 3 nitrogen and oxygen atoms in total. The maximum Gasteiger partial charge on any atom is 0.123 e. The third-order valence-electron chi connectivity index (χ3n) is 4.15. The van der Waals surface area contributed by atoms with Crippen LogP contribution in [0.2, 0.25) is 0 Å². The molecule has 1 rings (SSSR count). The lowest BCUT2D eigenvalue weighted by Crippen LogP contribution is -2.28. The quantitative estimate of drug-likeness (QED) is 0.825. The number of aromatic hydroxyl groups is 1. The summed E-state index contributed by atoms with van der Waals surface area (Å²) in [7, 11) is 0. The van der Waals surface area contributed by atoms with Crippen LogP contribution in [0.4, 0.5) is 0 Å². The summed E-state index contributed by atoms with van der Waals surface area (Å²) in [4.78, 5) is 2.27. The molecule has 0 amide bonds. The normalized spacial score (nSPS) is 12.9. The van der Waals surface area contributed by atoms with E-state index in [1.54, 1.807) is 0 Å². The van der Waals surface area contributed by atoms with Crippen LogP contribution in [0.3, 0.4) is 0 Å². The highest BCUT2D eigenvalue weighted by Crippen LogP contribution is 2.39. The van der Waals surface area contributed by atoms with Crippen LogP contribution in [0.25, 0.3) is 0 Å². The number of hydrogen-bond donors (Lipinski definition) is 2. The summed E-state index contributed by atoms with van der Waals surface area (Å²) < 4.78 is 0. The van der Waals surface area contributed by atoms with Gasteiger partial charge in [-0.05, 0) is 40.5 Å². The Morgan fingerprint density at radius 3 is 1.74 bits per heavy atom. The minimum absolute atomic E-state index is 0.105. The molecule has 0 saturated carbocycles. The molecule has 0 spiro atoms. The summed E-state index contributed by atoms with van der Waals surface area (Å²) in [5, 5.41) is 20.0. The topological polar surface area (TPSA) is 43.7 Å². The average Bonchev–Trinajstić information content (AvgIpc) is 2.38. The molecular formula is C20H35NO2. The van der Waals surface area contributed by atoms with E-state index >= 15 is 0 Å².